The summed E-state index contributed by atoms with van der Waals surface area (Å²) in [6, 6.07) is 1.33. The zero-order valence-corrected chi connectivity index (χ0v) is 13.0. The Bertz CT molecular complexity index is 615. The van der Waals surface area contributed by atoms with E-state index in [1.165, 1.54) is 12.3 Å². The molecule has 6 heteroatoms. The first-order chi connectivity index (χ1) is 10.4. The van der Waals surface area contributed by atoms with Gasteiger partial charge < -0.3 is 14.8 Å². The van der Waals surface area contributed by atoms with Crippen molar-refractivity contribution in [3.8, 4) is 5.75 Å². The van der Waals surface area contributed by atoms with Gasteiger partial charge >= 0.3 is 5.63 Å². The third kappa shape index (κ3) is 4.58. The number of nitrogens with one attached hydrogen (secondary N) is 1. The number of hydrogen-bond donors (Lipinski definition) is 2. The van der Waals surface area contributed by atoms with Crippen molar-refractivity contribution in [1.82, 2.24) is 5.32 Å². The van der Waals surface area contributed by atoms with Gasteiger partial charge in [-0.1, -0.05) is 26.8 Å². The highest BCUT2D eigenvalue weighted by atomic mass is 16.4. The SMILES string of the molecule is CC(C)C(=O)c1c(O)cc(C(C)CC/C=C/NC=O)oc1=O. The monoisotopic (exact) mass is 307 g/mol. The molecule has 0 aliphatic heterocycles. The highest BCUT2D eigenvalue weighted by Gasteiger charge is 2.22. The van der Waals surface area contributed by atoms with Crippen molar-refractivity contribution >= 4 is 12.2 Å². The van der Waals surface area contributed by atoms with Crippen LogP contribution in [0.15, 0.2) is 27.6 Å². The summed E-state index contributed by atoms with van der Waals surface area (Å²) in [6.45, 7) is 5.15. The van der Waals surface area contributed by atoms with E-state index in [0.717, 1.165) is 0 Å². The second kappa shape index (κ2) is 8.17. The van der Waals surface area contributed by atoms with Gasteiger partial charge in [0.15, 0.2) is 5.78 Å². The maximum atomic E-state index is 11.9. The Kier molecular flexibility index (Phi) is 6.56. The van der Waals surface area contributed by atoms with Gasteiger partial charge in [-0.25, -0.2) is 4.79 Å². The second-order valence-electron chi connectivity index (χ2n) is 5.38. The molecule has 0 aliphatic rings. The lowest BCUT2D eigenvalue weighted by Gasteiger charge is -2.11. The Hall–Kier alpha value is -2.37. The molecule has 0 radical (unpaired) electrons. The molecule has 22 heavy (non-hydrogen) atoms. The molecule has 1 atom stereocenters. The van der Waals surface area contributed by atoms with Crippen molar-refractivity contribution in [1.29, 1.82) is 0 Å². The topological polar surface area (TPSA) is 96.6 Å². The molecule has 0 aliphatic carbocycles. The molecule has 1 heterocycles. The molecule has 1 aromatic rings. The molecule has 1 amide bonds. The van der Waals surface area contributed by atoms with E-state index in [-0.39, 0.29) is 17.2 Å². The third-order valence-electron chi connectivity index (χ3n) is 3.25. The zero-order chi connectivity index (χ0) is 16.7. The molecule has 0 bridgehead atoms. The Morgan fingerprint density at radius 2 is 2.09 bits per heavy atom. The summed E-state index contributed by atoms with van der Waals surface area (Å²) in [5, 5.41) is 12.3. The van der Waals surface area contributed by atoms with Gasteiger partial charge in [-0.05, 0) is 19.0 Å². The lowest BCUT2D eigenvalue weighted by molar-refractivity contribution is -0.108. The van der Waals surface area contributed by atoms with Crippen LogP contribution in [-0.2, 0) is 4.79 Å². The fraction of sp³-hybridized carbons (Fsp3) is 0.438. The number of Topliss-reactive ketones (excluding diaryl/α,β-unsaturated/α-hetero) is 1. The fourth-order valence-corrected chi connectivity index (χ4v) is 1.94. The first-order valence-corrected chi connectivity index (χ1v) is 7.14. The average Bonchev–Trinajstić information content (AvgIpc) is 2.45. The minimum Gasteiger partial charge on any atom is -0.507 e. The molecular formula is C16H21NO5. The van der Waals surface area contributed by atoms with Crippen molar-refractivity contribution in [3.63, 3.8) is 0 Å². The summed E-state index contributed by atoms with van der Waals surface area (Å²) < 4.78 is 5.17. The Balaban J connectivity index is 2.87. The first-order valence-electron chi connectivity index (χ1n) is 7.14. The van der Waals surface area contributed by atoms with Crippen LogP contribution in [0.1, 0.15) is 55.6 Å². The molecule has 0 aromatic carbocycles. The van der Waals surface area contributed by atoms with Gasteiger partial charge in [-0.2, -0.15) is 0 Å². The van der Waals surface area contributed by atoms with Crippen molar-refractivity contribution in [3.05, 3.63) is 40.1 Å². The van der Waals surface area contributed by atoms with Crippen LogP contribution in [0, 0.1) is 5.92 Å². The minimum atomic E-state index is -0.807. The lowest BCUT2D eigenvalue weighted by Crippen LogP contribution is -2.19. The highest BCUT2D eigenvalue weighted by molar-refractivity contribution is 5.99. The lowest BCUT2D eigenvalue weighted by atomic mass is 9.99. The maximum Gasteiger partial charge on any atom is 0.350 e. The van der Waals surface area contributed by atoms with Crippen molar-refractivity contribution in [2.24, 2.45) is 5.92 Å². The smallest absolute Gasteiger partial charge is 0.350 e. The molecule has 1 aromatic heterocycles. The predicted octanol–water partition coefficient (Wildman–Crippen LogP) is 2.33. The van der Waals surface area contributed by atoms with Crippen LogP contribution in [0.4, 0.5) is 0 Å². The maximum absolute atomic E-state index is 11.9. The van der Waals surface area contributed by atoms with E-state index >= 15 is 0 Å². The van der Waals surface area contributed by atoms with Gasteiger partial charge in [0.1, 0.15) is 17.1 Å². The van der Waals surface area contributed by atoms with Gasteiger partial charge in [0.05, 0.1) is 0 Å². The van der Waals surface area contributed by atoms with E-state index < -0.39 is 17.3 Å². The van der Waals surface area contributed by atoms with Gasteiger partial charge in [0, 0.05) is 17.9 Å². The van der Waals surface area contributed by atoms with Crippen LogP contribution in [-0.4, -0.2) is 17.3 Å². The summed E-state index contributed by atoms with van der Waals surface area (Å²) in [5.74, 6) is -0.946. The van der Waals surface area contributed by atoms with Crippen LogP contribution >= 0.6 is 0 Å². The molecule has 0 fully saturated rings. The highest BCUT2D eigenvalue weighted by Crippen LogP contribution is 2.25. The number of carbonyl (C=O) groups is 2. The second-order valence-corrected chi connectivity index (χ2v) is 5.38. The van der Waals surface area contributed by atoms with Crippen molar-refractivity contribution in [2.75, 3.05) is 0 Å². The summed E-state index contributed by atoms with van der Waals surface area (Å²) in [4.78, 5) is 33.9. The van der Waals surface area contributed by atoms with E-state index in [0.29, 0.717) is 25.0 Å². The Morgan fingerprint density at radius 3 is 2.64 bits per heavy atom. The summed E-state index contributed by atoms with van der Waals surface area (Å²) in [5.41, 5.74) is -1.10. The van der Waals surface area contributed by atoms with Gasteiger partial charge in [0.2, 0.25) is 6.41 Å². The quantitative estimate of drug-likeness (QED) is 0.567. The van der Waals surface area contributed by atoms with Crippen molar-refractivity contribution < 1.29 is 19.1 Å². The molecule has 120 valence electrons. The van der Waals surface area contributed by atoms with Crippen molar-refractivity contribution in [2.45, 2.75) is 39.5 Å². The van der Waals surface area contributed by atoms with E-state index in [4.69, 9.17) is 4.42 Å². The minimum absolute atomic E-state index is 0.109. The third-order valence-corrected chi connectivity index (χ3v) is 3.25. The molecular weight excluding hydrogens is 286 g/mol. The van der Waals surface area contributed by atoms with Gasteiger partial charge in [0.25, 0.3) is 0 Å². The molecule has 1 rings (SSSR count). The summed E-state index contributed by atoms with van der Waals surface area (Å²) >= 11 is 0. The molecule has 0 spiro atoms. The number of aromatic hydroxyl groups is 1. The number of hydrogen-bond acceptors (Lipinski definition) is 5. The van der Waals surface area contributed by atoms with Gasteiger partial charge in [-0.15, -0.1) is 0 Å². The van der Waals surface area contributed by atoms with Crippen LogP contribution in [0.25, 0.3) is 0 Å². The zero-order valence-electron chi connectivity index (χ0n) is 13.0. The number of carbonyl (C=O) groups excluding carboxylic acids is 2. The summed E-state index contributed by atoms with van der Waals surface area (Å²) in [6.07, 6.45) is 5.20. The number of amides is 1. The molecule has 1 unspecified atom stereocenters. The molecule has 0 saturated heterocycles. The molecule has 0 saturated carbocycles. The van der Waals surface area contributed by atoms with E-state index in [1.54, 1.807) is 19.9 Å². The van der Waals surface area contributed by atoms with E-state index in [2.05, 4.69) is 5.32 Å². The van der Waals surface area contributed by atoms with Crippen LogP contribution < -0.4 is 10.9 Å². The largest absolute Gasteiger partial charge is 0.507 e. The normalized spacial score (nSPS) is 12.5. The Morgan fingerprint density at radius 1 is 1.41 bits per heavy atom. The fourth-order valence-electron chi connectivity index (χ4n) is 1.94. The summed E-state index contributed by atoms with van der Waals surface area (Å²) in [7, 11) is 0. The number of ketones is 1. The predicted molar refractivity (Wildman–Crippen MR) is 81.8 cm³/mol. The van der Waals surface area contributed by atoms with E-state index in [9.17, 15) is 19.5 Å². The van der Waals surface area contributed by atoms with Crippen LogP contribution in [0.2, 0.25) is 0 Å². The van der Waals surface area contributed by atoms with E-state index in [1.807, 2.05) is 6.92 Å². The molecule has 2 N–H and O–H groups in total. The van der Waals surface area contributed by atoms with Crippen LogP contribution in [0.3, 0.4) is 0 Å². The number of allylic oxidation sites excluding steroid dienone is 1. The number of rotatable bonds is 8. The average molecular weight is 307 g/mol. The standard InChI is InChI=1S/C16H21NO5/c1-10(2)15(20)14-12(19)8-13(22-16(14)21)11(3)6-4-5-7-17-9-18/h5,7-11,19H,4,6H2,1-3H3,(H,17,18)/b7-5+. The Labute approximate surface area is 128 Å². The van der Waals surface area contributed by atoms with Gasteiger partial charge in [-0.3, -0.25) is 9.59 Å². The van der Waals surface area contributed by atoms with Crippen LogP contribution in [0.5, 0.6) is 5.75 Å². The molecule has 6 nitrogen and oxygen atoms in total. The first kappa shape index (κ1) is 17.7.